The van der Waals surface area contributed by atoms with Crippen LogP contribution < -0.4 is 10.9 Å². The van der Waals surface area contributed by atoms with E-state index in [1.807, 2.05) is 54.8 Å². The highest BCUT2D eigenvalue weighted by molar-refractivity contribution is 7.09. The number of nitrogens with one attached hydrogen (secondary N) is 2. The first-order valence-corrected chi connectivity index (χ1v) is 8.95. The summed E-state index contributed by atoms with van der Waals surface area (Å²) in [6.07, 6.45) is 0. The SMILES string of the molecule is Cc1nc(-c2ccccc2NC(=O)c2cc(=O)[nH]c3ccccc23)cs1. The number of fused-ring (bicyclic) bond motifs is 1. The summed E-state index contributed by atoms with van der Waals surface area (Å²) in [5, 5.41) is 6.55. The van der Waals surface area contributed by atoms with Crippen LogP contribution in [-0.4, -0.2) is 15.9 Å². The number of hydrogen-bond donors (Lipinski definition) is 2. The van der Waals surface area contributed by atoms with Crippen molar-refractivity contribution in [3.63, 3.8) is 0 Å². The monoisotopic (exact) mass is 361 g/mol. The number of aromatic amines is 1. The number of pyridine rings is 1. The van der Waals surface area contributed by atoms with Crippen molar-refractivity contribution in [3.8, 4) is 11.3 Å². The molecule has 4 rings (SSSR count). The van der Waals surface area contributed by atoms with Gasteiger partial charge < -0.3 is 10.3 Å². The number of para-hydroxylation sites is 2. The Labute approximate surface area is 153 Å². The van der Waals surface area contributed by atoms with E-state index < -0.39 is 0 Å². The Morgan fingerprint density at radius 3 is 2.69 bits per heavy atom. The van der Waals surface area contributed by atoms with Crippen molar-refractivity contribution >= 4 is 33.8 Å². The summed E-state index contributed by atoms with van der Waals surface area (Å²) < 4.78 is 0. The van der Waals surface area contributed by atoms with Crippen LogP contribution >= 0.6 is 11.3 Å². The minimum atomic E-state index is -0.327. The van der Waals surface area contributed by atoms with E-state index in [4.69, 9.17) is 0 Å². The molecule has 26 heavy (non-hydrogen) atoms. The van der Waals surface area contributed by atoms with E-state index in [1.165, 1.54) is 6.07 Å². The van der Waals surface area contributed by atoms with Crippen LogP contribution in [0.25, 0.3) is 22.2 Å². The van der Waals surface area contributed by atoms with Crippen LogP contribution in [0.5, 0.6) is 0 Å². The first-order chi connectivity index (χ1) is 12.6. The summed E-state index contributed by atoms with van der Waals surface area (Å²) in [7, 11) is 0. The number of nitrogens with zero attached hydrogens (tertiary/aromatic N) is 1. The molecule has 0 radical (unpaired) electrons. The predicted molar refractivity (Wildman–Crippen MR) is 105 cm³/mol. The molecule has 2 N–H and O–H groups in total. The lowest BCUT2D eigenvalue weighted by molar-refractivity contribution is 0.102. The maximum Gasteiger partial charge on any atom is 0.256 e. The number of benzene rings is 2. The van der Waals surface area contributed by atoms with E-state index in [1.54, 1.807) is 17.4 Å². The van der Waals surface area contributed by atoms with Crippen molar-refractivity contribution < 1.29 is 4.79 Å². The molecule has 0 saturated heterocycles. The van der Waals surface area contributed by atoms with Crippen molar-refractivity contribution in [2.45, 2.75) is 6.92 Å². The Morgan fingerprint density at radius 1 is 1.12 bits per heavy atom. The average molecular weight is 361 g/mol. The summed E-state index contributed by atoms with van der Waals surface area (Å²) in [4.78, 5) is 32.0. The first-order valence-electron chi connectivity index (χ1n) is 8.07. The molecule has 6 heteroatoms. The Bertz CT molecular complexity index is 1180. The van der Waals surface area contributed by atoms with E-state index in [9.17, 15) is 9.59 Å². The van der Waals surface area contributed by atoms with E-state index in [0.717, 1.165) is 16.3 Å². The van der Waals surface area contributed by atoms with Gasteiger partial charge in [-0.25, -0.2) is 4.98 Å². The molecule has 0 aliphatic carbocycles. The van der Waals surface area contributed by atoms with E-state index >= 15 is 0 Å². The minimum Gasteiger partial charge on any atom is -0.322 e. The average Bonchev–Trinajstić information content (AvgIpc) is 3.07. The lowest BCUT2D eigenvalue weighted by Gasteiger charge is -2.11. The number of H-pyrrole nitrogens is 1. The molecule has 4 aromatic rings. The molecule has 0 bridgehead atoms. The second-order valence-electron chi connectivity index (χ2n) is 5.84. The van der Waals surface area contributed by atoms with Gasteiger partial charge in [0.15, 0.2) is 0 Å². The molecule has 0 aliphatic rings. The summed E-state index contributed by atoms with van der Waals surface area (Å²) in [5.74, 6) is -0.327. The van der Waals surface area contributed by atoms with Crippen molar-refractivity contribution in [1.82, 2.24) is 9.97 Å². The van der Waals surface area contributed by atoms with Crippen LogP contribution in [0, 0.1) is 6.92 Å². The molecule has 0 aliphatic heterocycles. The number of carbonyl (C=O) groups is 1. The molecule has 5 nitrogen and oxygen atoms in total. The number of aryl methyl sites for hydroxylation is 1. The predicted octanol–water partition coefficient (Wildman–Crippen LogP) is 4.21. The van der Waals surface area contributed by atoms with Crippen LogP contribution in [0.15, 0.2) is 64.8 Å². The zero-order valence-electron chi connectivity index (χ0n) is 13.9. The third kappa shape index (κ3) is 3.02. The van der Waals surface area contributed by atoms with E-state index in [2.05, 4.69) is 15.3 Å². The fraction of sp³-hybridized carbons (Fsp3) is 0.0500. The third-order valence-electron chi connectivity index (χ3n) is 4.07. The fourth-order valence-electron chi connectivity index (χ4n) is 2.88. The molecular formula is C20H15N3O2S. The van der Waals surface area contributed by atoms with E-state index in [-0.39, 0.29) is 11.5 Å². The molecule has 0 saturated carbocycles. The lowest BCUT2D eigenvalue weighted by atomic mass is 10.1. The number of aromatic nitrogens is 2. The summed E-state index contributed by atoms with van der Waals surface area (Å²) in [6, 6.07) is 16.1. The summed E-state index contributed by atoms with van der Waals surface area (Å²) >= 11 is 1.56. The van der Waals surface area contributed by atoms with Gasteiger partial charge in [-0.1, -0.05) is 36.4 Å². The highest BCUT2D eigenvalue weighted by Gasteiger charge is 2.15. The molecule has 2 heterocycles. The molecular weight excluding hydrogens is 346 g/mol. The Balaban J connectivity index is 1.76. The maximum atomic E-state index is 12.9. The van der Waals surface area contributed by atoms with Gasteiger partial charge in [-0.2, -0.15) is 0 Å². The first kappa shape index (κ1) is 16.2. The van der Waals surface area contributed by atoms with Gasteiger partial charge >= 0.3 is 0 Å². The van der Waals surface area contributed by atoms with Gasteiger partial charge in [0.2, 0.25) is 5.56 Å². The molecule has 0 unspecified atom stereocenters. The number of anilines is 1. The number of amides is 1. The molecule has 0 spiro atoms. The standard InChI is InChI=1S/C20H15N3O2S/c1-12-21-18(11-26-12)14-7-3-5-9-17(14)23-20(25)15-10-19(24)22-16-8-4-2-6-13(15)16/h2-11H,1H3,(H,22,24)(H,23,25). The molecule has 2 aromatic carbocycles. The van der Waals surface area contributed by atoms with Gasteiger partial charge in [0.1, 0.15) is 0 Å². The van der Waals surface area contributed by atoms with Crippen molar-refractivity contribution in [3.05, 3.63) is 80.9 Å². The van der Waals surface area contributed by atoms with Gasteiger partial charge in [-0.3, -0.25) is 9.59 Å². The smallest absolute Gasteiger partial charge is 0.256 e. The van der Waals surface area contributed by atoms with Crippen molar-refractivity contribution in [1.29, 1.82) is 0 Å². The maximum absolute atomic E-state index is 12.9. The van der Waals surface area contributed by atoms with Crippen molar-refractivity contribution in [2.75, 3.05) is 5.32 Å². The van der Waals surface area contributed by atoms with Crippen LogP contribution in [0.4, 0.5) is 5.69 Å². The summed E-state index contributed by atoms with van der Waals surface area (Å²) in [6.45, 7) is 1.94. The van der Waals surface area contributed by atoms with E-state index in [0.29, 0.717) is 22.2 Å². The second kappa shape index (κ2) is 6.57. The number of rotatable bonds is 3. The van der Waals surface area contributed by atoms with Gasteiger partial charge in [-0.05, 0) is 19.1 Å². The molecule has 2 aromatic heterocycles. The molecule has 1 amide bonds. The van der Waals surface area contributed by atoms with Crippen LogP contribution in [-0.2, 0) is 0 Å². The Hall–Kier alpha value is -3.25. The largest absolute Gasteiger partial charge is 0.322 e. The Kier molecular flexibility index (Phi) is 4.10. The van der Waals surface area contributed by atoms with Crippen LogP contribution in [0.1, 0.15) is 15.4 Å². The normalized spacial score (nSPS) is 10.8. The lowest BCUT2D eigenvalue weighted by Crippen LogP contribution is -2.17. The zero-order valence-corrected chi connectivity index (χ0v) is 14.8. The van der Waals surface area contributed by atoms with Crippen LogP contribution in [0.2, 0.25) is 0 Å². The summed E-state index contributed by atoms with van der Waals surface area (Å²) in [5.41, 5.74) is 2.99. The molecule has 128 valence electrons. The molecule has 0 atom stereocenters. The fourth-order valence-corrected chi connectivity index (χ4v) is 3.50. The van der Waals surface area contributed by atoms with Gasteiger partial charge in [0, 0.05) is 27.9 Å². The molecule has 0 fully saturated rings. The number of hydrogen-bond acceptors (Lipinski definition) is 4. The van der Waals surface area contributed by atoms with Crippen molar-refractivity contribution in [2.24, 2.45) is 0 Å². The third-order valence-corrected chi connectivity index (χ3v) is 4.84. The highest BCUT2D eigenvalue weighted by Crippen LogP contribution is 2.29. The second-order valence-corrected chi connectivity index (χ2v) is 6.91. The topological polar surface area (TPSA) is 74.8 Å². The quantitative estimate of drug-likeness (QED) is 0.574. The Morgan fingerprint density at radius 2 is 1.88 bits per heavy atom. The zero-order chi connectivity index (χ0) is 18.1. The van der Waals surface area contributed by atoms with Gasteiger partial charge in [0.25, 0.3) is 5.91 Å². The minimum absolute atomic E-state index is 0.308. The highest BCUT2D eigenvalue weighted by atomic mass is 32.1. The number of carbonyl (C=O) groups excluding carboxylic acids is 1. The van der Waals surface area contributed by atoms with Crippen LogP contribution in [0.3, 0.4) is 0 Å². The van der Waals surface area contributed by atoms with Gasteiger partial charge in [0.05, 0.1) is 22.0 Å². The number of thiazole rings is 1. The van der Waals surface area contributed by atoms with Gasteiger partial charge in [-0.15, -0.1) is 11.3 Å².